The van der Waals surface area contributed by atoms with Crippen LogP contribution in [-0.2, 0) is 4.79 Å². The third-order valence-electron chi connectivity index (χ3n) is 10.5. The van der Waals surface area contributed by atoms with E-state index >= 15 is 0 Å². The molecule has 5 aromatic heterocycles. The lowest BCUT2D eigenvalue weighted by Crippen LogP contribution is -2.21. The van der Waals surface area contributed by atoms with Gasteiger partial charge in [-0.25, -0.2) is 22.8 Å². The van der Waals surface area contributed by atoms with Crippen molar-refractivity contribution in [1.82, 2.24) is 44.9 Å². The van der Waals surface area contributed by atoms with Crippen LogP contribution < -0.4 is 10.6 Å². The number of para-hydroxylation sites is 2. The number of nitrogens with zero attached hydrogens (tertiary/aromatic N) is 11. The molecule has 1 aliphatic rings. The SMILES string of the molecule is CC(=O)Cl.Fc1ccc(C2=C(c3ccncc3)N=C=N2)cc1.O=C(Nc1ccccc1)n1nnc(-c2ccc(F)cc2)c1-c1ccncc1.O=C(Nc1ccccc1)n1nnc(-c2ccncc2)c1-c1ccc(F)cc1. The minimum absolute atomic E-state index is 0.271. The number of benzene rings is 5. The first kappa shape index (κ1) is 52.0. The molecule has 0 aliphatic carbocycles. The normalized spacial score (nSPS) is 11.0. The van der Waals surface area contributed by atoms with Gasteiger partial charge >= 0.3 is 12.1 Å². The van der Waals surface area contributed by atoms with Crippen molar-refractivity contribution in [1.29, 1.82) is 0 Å². The Morgan fingerprint density at radius 2 is 0.737 bits per heavy atom. The second-order valence-electron chi connectivity index (χ2n) is 15.7. The van der Waals surface area contributed by atoms with Crippen LogP contribution in [0.25, 0.3) is 56.4 Å². The second-order valence-corrected chi connectivity index (χ2v) is 16.2. The van der Waals surface area contributed by atoms with Gasteiger partial charge < -0.3 is 10.6 Å². The number of rotatable bonds is 8. The summed E-state index contributed by atoms with van der Waals surface area (Å²) >= 11 is 4.64. The molecule has 10 aromatic rings. The summed E-state index contributed by atoms with van der Waals surface area (Å²) in [5.41, 5.74) is 9.12. The number of halogens is 4. The third-order valence-corrected chi connectivity index (χ3v) is 10.5. The van der Waals surface area contributed by atoms with Gasteiger partial charge in [0.15, 0.2) is 0 Å². The smallest absolute Gasteiger partial charge is 0.306 e. The molecule has 11 rings (SSSR count). The lowest BCUT2D eigenvalue weighted by Gasteiger charge is -2.09. The molecule has 0 saturated heterocycles. The van der Waals surface area contributed by atoms with Crippen molar-refractivity contribution in [2.75, 3.05) is 10.6 Å². The van der Waals surface area contributed by atoms with Gasteiger partial charge in [0.25, 0.3) is 0 Å². The monoisotopic (exact) mass is 1030 g/mol. The first-order valence-corrected chi connectivity index (χ1v) is 23.1. The summed E-state index contributed by atoms with van der Waals surface area (Å²) in [5, 5.41) is 21.6. The first-order valence-electron chi connectivity index (χ1n) is 22.7. The molecule has 5 aromatic carbocycles. The van der Waals surface area contributed by atoms with Crippen molar-refractivity contribution in [2.24, 2.45) is 9.98 Å². The second kappa shape index (κ2) is 25.3. The average Bonchev–Trinajstić information content (AvgIpc) is 4.24. The van der Waals surface area contributed by atoms with Crippen LogP contribution in [0.2, 0.25) is 0 Å². The Hall–Kier alpha value is -10.4. The Bertz CT molecular complexity index is 3660. The summed E-state index contributed by atoms with van der Waals surface area (Å²) in [6.45, 7) is 1.29. The highest BCUT2D eigenvalue weighted by molar-refractivity contribution is 6.62. The van der Waals surface area contributed by atoms with E-state index in [2.05, 4.69) is 73.8 Å². The molecule has 16 nitrogen and oxygen atoms in total. The number of anilines is 2. The molecule has 0 saturated carbocycles. The lowest BCUT2D eigenvalue weighted by molar-refractivity contribution is -0.109. The number of hydrogen-bond acceptors (Lipinski definition) is 12. The van der Waals surface area contributed by atoms with Gasteiger partial charge in [-0.15, -0.1) is 10.2 Å². The molecule has 76 heavy (non-hydrogen) atoms. The molecular formula is C56H39ClF3N13O3. The molecule has 0 atom stereocenters. The fourth-order valence-electron chi connectivity index (χ4n) is 7.14. The van der Waals surface area contributed by atoms with Gasteiger partial charge in [-0.05, 0) is 145 Å². The van der Waals surface area contributed by atoms with Gasteiger partial charge in [-0.1, -0.05) is 46.8 Å². The summed E-state index contributed by atoms with van der Waals surface area (Å²) in [6.07, 6.45) is 9.89. The molecule has 0 bridgehead atoms. The van der Waals surface area contributed by atoms with Crippen molar-refractivity contribution in [3.05, 3.63) is 236 Å². The van der Waals surface area contributed by atoms with Gasteiger partial charge in [0, 0.05) is 88.9 Å². The van der Waals surface area contributed by atoms with Crippen molar-refractivity contribution < 1.29 is 27.6 Å². The van der Waals surface area contributed by atoms with Crippen LogP contribution in [0.5, 0.6) is 0 Å². The fraction of sp³-hybridized carbons (Fsp3) is 0.0179. The van der Waals surface area contributed by atoms with Gasteiger partial charge in [0.2, 0.25) is 5.24 Å². The molecule has 0 fully saturated rings. The van der Waals surface area contributed by atoms with Crippen LogP contribution in [0, 0.1) is 17.5 Å². The topological polar surface area (TPSA) is 200 Å². The van der Waals surface area contributed by atoms with E-state index in [-0.39, 0.29) is 22.7 Å². The largest absolute Gasteiger partial charge is 0.348 e. The third kappa shape index (κ3) is 13.6. The van der Waals surface area contributed by atoms with E-state index in [0.29, 0.717) is 51.0 Å². The Morgan fingerprint density at radius 1 is 0.434 bits per heavy atom. The summed E-state index contributed by atoms with van der Waals surface area (Å²) in [5.74, 6) is -0.983. The Morgan fingerprint density at radius 3 is 1.13 bits per heavy atom. The molecule has 2 N–H and O–H groups in total. The van der Waals surface area contributed by atoms with E-state index in [1.165, 1.54) is 52.7 Å². The Balaban J connectivity index is 0.000000149. The number of pyridine rings is 3. The molecule has 20 heteroatoms. The number of carbonyl (C=O) groups is 3. The lowest BCUT2D eigenvalue weighted by atomic mass is 10.1. The predicted molar refractivity (Wildman–Crippen MR) is 283 cm³/mol. The highest BCUT2D eigenvalue weighted by Gasteiger charge is 2.23. The number of hydrogen-bond donors (Lipinski definition) is 2. The molecule has 0 unspecified atom stereocenters. The molecule has 0 radical (unpaired) electrons. The van der Waals surface area contributed by atoms with Crippen molar-refractivity contribution >= 4 is 57.7 Å². The zero-order valence-electron chi connectivity index (χ0n) is 39.8. The van der Waals surface area contributed by atoms with Crippen LogP contribution in [0.15, 0.2) is 217 Å². The van der Waals surface area contributed by atoms with Gasteiger partial charge in [-0.2, -0.15) is 19.3 Å². The average molecular weight is 1030 g/mol. The van der Waals surface area contributed by atoms with E-state index < -0.39 is 12.1 Å². The molecule has 374 valence electrons. The standard InChI is InChI=1S/2C20H14FN5O.C14H8FN3.C2H3ClO/c21-16-8-6-15(7-9-16)19-18(14-10-12-22-13-11-14)24-25-26(19)20(27)23-17-4-2-1-3-5-17;21-16-8-6-14(7-9-16)18-19(15-10-12-22-13-11-15)26(25-24-18)20(27)23-17-4-2-1-3-5-17;15-12-3-1-10(2-4-12)13-14(18-9-17-13)11-5-7-16-8-6-11;1-2(3)4/h2*1-13H,(H,23,27);1-8H;1H3. The number of amides is 2. The van der Waals surface area contributed by atoms with Crippen molar-refractivity contribution in [3.63, 3.8) is 0 Å². The molecular weight excluding hydrogens is 995 g/mol. The van der Waals surface area contributed by atoms with Gasteiger partial charge in [0.1, 0.15) is 57.6 Å². The predicted octanol–water partition coefficient (Wildman–Crippen LogP) is 12.5. The zero-order chi connectivity index (χ0) is 53.2. The zero-order valence-corrected chi connectivity index (χ0v) is 40.5. The maximum Gasteiger partial charge on any atom is 0.348 e. The summed E-state index contributed by atoms with van der Waals surface area (Å²) in [4.78, 5) is 55.0. The number of aliphatic imine (C=N–C) groups is 2. The van der Waals surface area contributed by atoms with Gasteiger partial charge in [-0.3, -0.25) is 19.7 Å². The Kier molecular flexibility index (Phi) is 17.3. The van der Waals surface area contributed by atoms with Crippen molar-refractivity contribution in [2.45, 2.75) is 6.92 Å². The Labute approximate surface area is 436 Å². The molecule has 1 aliphatic heterocycles. The maximum atomic E-state index is 13.4. The number of nitrogens with one attached hydrogen (secondary N) is 2. The number of aromatic nitrogens is 9. The highest BCUT2D eigenvalue weighted by Crippen LogP contribution is 2.33. The van der Waals surface area contributed by atoms with Crippen LogP contribution in [0.3, 0.4) is 0 Å². The summed E-state index contributed by atoms with van der Waals surface area (Å²) < 4.78 is 41.9. The molecule has 6 heterocycles. The van der Waals surface area contributed by atoms with Gasteiger partial charge in [0.05, 0.1) is 0 Å². The fourth-order valence-corrected chi connectivity index (χ4v) is 7.14. The van der Waals surface area contributed by atoms with E-state index in [0.717, 1.165) is 28.0 Å². The van der Waals surface area contributed by atoms with Crippen LogP contribution in [-0.4, -0.2) is 68.3 Å². The summed E-state index contributed by atoms with van der Waals surface area (Å²) in [6, 6.07) is 48.5. The maximum absolute atomic E-state index is 13.4. The van der Waals surface area contributed by atoms with Crippen LogP contribution >= 0.6 is 11.6 Å². The van der Waals surface area contributed by atoms with Crippen LogP contribution in [0.4, 0.5) is 34.1 Å². The van der Waals surface area contributed by atoms with Crippen LogP contribution in [0.1, 0.15) is 18.1 Å². The number of carbonyl (C=O) groups excluding carboxylic acids is 3. The highest BCUT2D eigenvalue weighted by atomic mass is 35.5. The summed E-state index contributed by atoms with van der Waals surface area (Å²) in [7, 11) is 0. The minimum Gasteiger partial charge on any atom is -0.306 e. The first-order chi connectivity index (χ1) is 37.0. The van der Waals surface area contributed by atoms with E-state index in [1.807, 2.05) is 48.5 Å². The quantitative estimate of drug-likeness (QED) is 0.138. The molecule has 2 amide bonds. The van der Waals surface area contributed by atoms with E-state index in [1.54, 1.807) is 122 Å². The van der Waals surface area contributed by atoms with E-state index in [9.17, 15) is 27.6 Å². The van der Waals surface area contributed by atoms with E-state index in [4.69, 9.17) is 0 Å². The van der Waals surface area contributed by atoms with Crippen molar-refractivity contribution in [3.8, 4) is 45.0 Å². The molecule has 0 spiro atoms. The minimum atomic E-state index is -0.465.